The molecule has 0 bridgehead atoms. The molecule has 82 valence electrons. The third-order valence-corrected chi connectivity index (χ3v) is 5.46. The molecule has 0 saturated heterocycles. The van der Waals surface area contributed by atoms with E-state index in [-0.39, 0.29) is 0 Å². The summed E-state index contributed by atoms with van der Waals surface area (Å²) in [6.07, 6.45) is 3.13. The molecular formula is C9H19NO3Si. The van der Waals surface area contributed by atoms with Gasteiger partial charge in [-0.05, 0) is 18.7 Å². The van der Waals surface area contributed by atoms with Crippen molar-refractivity contribution in [2.45, 2.75) is 6.42 Å². The zero-order chi connectivity index (χ0) is 10.6. The molecule has 4 nitrogen and oxygen atoms in total. The van der Waals surface area contributed by atoms with E-state index in [1.165, 1.54) is 5.20 Å². The molecule has 0 aliphatic carbocycles. The lowest BCUT2D eigenvalue weighted by Crippen LogP contribution is -2.47. The second kappa shape index (κ2) is 5.04. The second-order valence-electron chi connectivity index (χ2n) is 3.41. The molecule has 14 heavy (non-hydrogen) atoms. The van der Waals surface area contributed by atoms with Gasteiger partial charge in [0, 0.05) is 34.4 Å². The minimum Gasteiger partial charge on any atom is -0.374 e. The zero-order valence-electron chi connectivity index (χ0n) is 9.37. The van der Waals surface area contributed by atoms with Gasteiger partial charge in [-0.25, -0.2) is 0 Å². The Kier molecular flexibility index (Phi) is 4.27. The Morgan fingerprint density at radius 2 is 1.79 bits per heavy atom. The summed E-state index contributed by atoms with van der Waals surface area (Å²) in [5, 5.41) is 1.20. The smallest absolute Gasteiger partial charge is 0.374 e. The molecule has 1 rings (SSSR count). The highest BCUT2D eigenvalue weighted by molar-refractivity contribution is 6.68. The van der Waals surface area contributed by atoms with Gasteiger partial charge < -0.3 is 18.2 Å². The van der Waals surface area contributed by atoms with Crippen LogP contribution in [-0.4, -0.2) is 55.2 Å². The Labute approximate surface area is 86.8 Å². The minimum absolute atomic E-state index is 0.945. The van der Waals surface area contributed by atoms with Crippen LogP contribution in [0.4, 0.5) is 0 Å². The molecule has 0 unspecified atom stereocenters. The van der Waals surface area contributed by atoms with E-state index in [2.05, 4.69) is 18.0 Å². The molecule has 0 aromatic rings. The molecule has 0 radical (unpaired) electrons. The van der Waals surface area contributed by atoms with Gasteiger partial charge >= 0.3 is 8.80 Å². The van der Waals surface area contributed by atoms with E-state index in [1.54, 1.807) is 21.3 Å². The standard InChI is InChI=1S/C9H19NO3Si/c1-10-7-5-9(6-8-10)14(11-2,12-3)13-4/h5H,6-8H2,1-4H3. The molecule has 0 N–H and O–H groups in total. The molecule has 0 spiro atoms. The van der Waals surface area contributed by atoms with Gasteiger partial charge in [0.05, 0.1) is 0 Å². The molecule has 0 amide bonds. The van der Waals surface area contributed by atoms with Gasteiger partial charge in [0.1, 0.15) is 0 Å². The highest BCUT2D eigenvalue weighted by Gasteiger charge is 2.43. The van der Waals surface area contributed by atoms with E-state index in [0.29, 0.717) is 0 Å². The van der Waals surface area contributed by atoms with Crippen LogP contribution in [0.25, 0.3) is 0 Å². The van der Waals surface area contributed by atoms with Crippen molar-refractivity contribution >= 4 is 8.80 Å². The summed E-state index contributed by atoms with van der Waals surface area (Å²) in [4.78, 5) is 2.25. The number of hydrogen-bond acceptors (Lipinski definition) is 4. The summed E-state index contributed by atoms with van der Waals surface area (Å²) in [5.41, 5.74) is 0. The summed E-state index contributed by atoms with van der Waals surface area (Å²) in [5.74, 6) is 0. The minimum atomic E-state index is -2.51. The van der Waals surface area contributed by atoms with Crippen molar-refractivity contribution in [2.75, 3.05) is 41.5 Å². The van der Waals surface area contributed by atoms with Crippen LogP contribution in [0.15, 0.2) is 11.3 Å². The van der Waals surface area contributed by atoms with Gasteiger partial charge in [0.15, 0.2) is 0 Å². The first-order chi connectivity index (χ1) is 6.68. The fourth-order valence-corrected chi connectivity index (χ4v) is 3.74. The van der Waals surface area contributed by atoms with Crippen LogP contribution in [0.3, 0.4) is 0 Å². The first kappa shape index (κ1) is 11.9. The Bertz CT molecular complexity index is 208. The summed E-state index contributed by atoms with van der Waals surface area (Å²) in [6.45, 7) is 1.98. The summed E-state index contributed by atoms with van der Waals surface area (Å²) >= 11 is 0. The summed E-state index contributed by atoms with van der Waals surface area (Å²) in [6, 6.07) is 0. The van der Waals surface area contributed by atoms with E-state index < -0.39 is 8.80 Å². The molecule has 1 aliphatic rings. The molecule has 1 heterocycles. The summed E-state index contributed by atoms with van der Waals surface area (Å²) in [7, 11) is 4.54. The number of nitrogens with zero attached hydrogens (tertiary/aromatic N) is 1. The molecule has 0 atom stereocenters. The lowest BCUT2D eigenvalue weighted by Gasteiger charge is -2.31. The molecule has 0 aromatic carbocycles. The van der Waals surface area contributed by atoms with Gasteiger partial charge in [-0.1, -0.05) is 6.08 Å². The molecule has 0 saturated carbocycles. The average Bonchev–Trinajstić information content (AvgIpc) is 2.24. The molecular weight excluding hydrogens is 198 g/mol. The highest BCUT2D eigenvalue weighted by Crippen LogP contribution is 2.23. The van der Waals surface area contributed by atoms with Crippen LogP contribution in [0, 0.1) is 0 Å². The first-order valence-corrected chi connectivity index (χ1v) is 6.44. The fraction of sp³-hybridized carbons (Fsp3) is 0.778. The quantitative estimate of drug-likeness (QED) is 0.648. The van der Waals surface area contributed by atoms with E-state index in [4.69, 9.17) is 13.3 Å². The Balaban J connectivity index is 2.78. The zero-order valence-corrected chi connectivity index (χ0v) is 10.4. The molecule has 1 aliphatic heterocycles. The third-order valence-electron chi connectivity index (χ3n) is 2.61. The molecule has 0 aromatic heterocycles. The third kappa shape index (κ3) is 2.24. The maximum atomic E-state index is 5.42. The number of hydrogen-bond donors (Lipinski definition) is 0. The van der Waals surface area contributed by atoms with E-state index >= 15 is 0 Å². The molecule has 0 fully saturated rings. The van der Waals surface area contributed by atoms with Gasteiger partial charge in [-0.3, -0.25) is 0 Å². The van der Waals surface area contributed by atoms with Crippen LogP contribution in [0.2, 0.25) is 0 Å². The number of likely N-dealkylation sites (N-methyl/N-ethyl adjacent to an activating group) is 1. The van der Waals surface area contributed by atoms with Crippen molar-refractivity contribution in [1.29, 1.82) is 0 Å². The van der Waals surface area contributed by atoms with Crippen LogP contribution in [0.1, 0.15) is 6.42 Å². The predicted molar refractivity (Wildman–Crippen MR) is 57.0 cm³/mol. The maximum Gasteiger partial charge on any atom is 0.531 e. The highest BCUT2D eigenvalue weighted by atomic mass is 28.4. The second-order valence-corrected chi connectivity index (χ2v) is 6.39. The predicted octanol–water partition coefficient (Wildman–Crippen LogP) is 0.666. The van der Waals surface area contributed by atoms with Crippen molar-refractivity contribution < 1.29 is 13.3 Å². The van der Waals surface area contributed by atoms with Crippen molar-refractivity contribution in [3.8, 4) is 0 Å². The van der Waals surface area contributed by atoms with Crippen LogP contribution in [0.5, 0.6) is 0 Å². The van der Waals surface area contributed by atoms with Gasteiger partial charge in [-0.15, -0.1) is 0 Å². The van der Waals surface area contributed by atoms with Crippen LogP contribution < -0.4 is 0 Å². The Morgan fingerprint density at radius 1 is 1.21 bits per heavy atom. The normalized spacial score (nSPS) is 19.6. The van der Waals surface area contributed by atoms with Crippen molar-refractivity contribution in [1.82, 2.24) is 4.90 Å². The Morgan fingerprint density at radius 3 is 2.14 bits per heavy atom. The summed E-state index contributed by atoms with van der Waals surface area (Å²) < 4.78 is 16.3. The van der Waals surface area contributed by atoms with Gasteiger partial charge in [0.2, 0.25) is 0 Å². The van der Waals surface area contributed by atoms with Crippen LogP contribution >= 0.6 is 0 Å². The monoisotopic (exact) mass is 217 g/mol. The van der Waals surface area contributed by atoms with Gasteiger partial charge in [-0.2, -0.15) is 0 Å². The van der Waals surface area contributed by atoms with E-state index in [9.17, 15) is 0 Å². The van der Waals surface area contributed by atoms with Gasteiger partial charge in [0.25, 0.3) is 0 Å². The average molecular weight is 217 g/mol. The van der Waals surface area contributed by atoms with Crippen LogP contribution in [-0.2, 0) is 13.3 Å². The molecule has 5 heteroatoms. The lowest BCUT2D eigenvalue weighted by molar-refractivity contribution is 0.131. The maximum absolute atomic E-state index is 5.42. The SMILES string of the molecule is CO[Si](OC)(OC)C1=CCN(C)CC1. The first-order valence-electron chi connectivity index (χ1n) is 4.72. The van der Waals surface area contributed by atoms with Crippen molar-refractivity contribution in [3.05, 3.63) is 11.3 Å². The topological polar surface area (TPSA) is 30.9 Å². The van der Waals surface area contributed by atoms with Crippen molar-refractivity contribution in [2.24, 2.45) is 0 Å². The number of rotatable bonds is 4. The van der Waals surface area contributed by atoms with E-state index in [0.717, 1.165) is 19.5 Å². The van der Waals surface area contributed by atoms with Crippen molar-refractivity contribution in [3.63, 3.8) is 0 Å². The van der Waals surface area contributed by atoms with E-state index in [1.807, 2.05) is 0 Å². The largest absolute Gasteiger partial charge is 0.531 e. The fourth-order valence-electron chi connectivity index (χ4n) is 1.69. The Hall–Kier alpha value is -0.203. The lowest BCUT2D eigenvalue weighted by atomic mass is 10.3.